The minimum atomic E-state index is -0.0486. The second kappa shape index (κ2) is 8.70. The van der Waals surface area contributed by atoms with Crippen molar-refractivity contribution in [1.29, 1.82) is 10.8 Å². The summed E-state index contributed by atoms with van der Waals surface area (Å²) >= 11 is 0. The Hall–Kier alpha value is -3.26. The van der Waals surface area contributed by atoms with E-state index in [9.17, 15) is 4.79 Å². The third-order valence-electron chi connectivity index (χ3n) is 6.93. The topological polar surface area (TPSA) is 103 Å². The quantitative estimate of drug-likeness (QED) is 0.498. The highest BCUT2D eigenvalue weighted by atomic mass is 16.2. The number of amides is 1. The van der Waals surface area contributed by atoms with E-state index in [1.165, 1.54) is 5.69 Å². The van der Waals surface area contributed by atoms with Gasteiger partial charge in [0.25, 0.3) is 0 Å². The van der Waals surface area contributed by atoms with Crippen molar-refractivity contribution in [1.82, 2.24) is 24.3 Å². The first-order valence-corrected chi connectivity index (χ1v) is 11.3. The average Bonchev–Trinajstić information content (AvgIpc) is 3.41. The fourth-order valence-electron chi connectivity index (χ4n) is 5.27. The molecule has 32 heavy (non-hydrogen) atoms. The van der Waals surface area contributed by atoms with Crippen LogP contribution in [0.3, 0.4) is 0 Å². The van der Waals surface area contributed by atoms with Crippen molar-refractivity contribution in [3.63, 3.8) is 0 Å². The van der Waals surface area contributed by atoms with Gasteiger partial charge in [0, 0.05) is 55.5 Å². The lowest BCUT2D eigenvalue weighted by Crippen LogP contribution is -2.47. The van der Waals surface area contributed by atoms with Crippen LogP contribution in [0.1, 0.15) is 30.5 Å². The van der Waals surface area contributed by atoms with Crippen LogP contribution < -0.4 is 10.8 Å². The van der Waals surface area contributed by atoms with Crippen LogP contribution in [0.25, 0.3) is 0 Å². The standard InChI is InChI=1S/C24H29N7O/c25-22-9-3-4-11-30(22)24(26)17-6-5-10-29(15-17)23(32)14-27-12-20-18-7-1-2-8-19(18)21-13-28-16-31(20)21/h1-4,7-9,11,13,16-20,25-27H,5-6,10,12,14-15H2/t17?,18?,19-,20?/m1/s1. The number of piperidine rings is 1. The Morgan fingerprint density at radius 1 is 1.25 bits per heavy atom. The molecule has 5 rings (SSSR count). The van der Waals surface area contributed by atoms with Gasteiger partial charge in [-0.1, -0.05) is 30.4 Å². The van der Waals surface area contributed by atoms with Gasteiger partial charge >= 0.3 is 0 Å². The summed E-state index contributed by atoms with van der Waals surface area (Å²) in [5.41, 5.74) is 1.53. The van der Waals surface area contributed by atoms with E-state index in [1.807, 2.05) is 23.5 Å². The van der Waals surface area contributed by atoms with E-state index in [1.54, 1.807) is 22.9 Å². The van der Waals surface area contributed by atoms with E-state index < -0.39 is 0 Å². The second-order valence-electron chi connectivity index (χ2n) is 8.82. The van der Waals surface area contributed by atoms with Gasteiger partial charge in [0.2, 0.25) is 5.91 Å². The maximum atomic E-state index is 12.9. The fraction of sp³-hybridized carbons (Fsp3) is 0.417. The molecule has 2 aliphatic heterocycles. The van der Waals surface area contributed by atoms with E-state index in [0.29, 0.717) is 42.8 Å². The molecule has 2 aromatic rings. The average molecular weight is 432 g/mol. The summed E-state index contributed by atoms with van der Waals surface area (Å²) in [5.74, 6) is 1.17. The van der Waals surface area contributed by atoms with Crippen LogP contribution in [0.5, 0.6) is 0 Å². The summed E-state index contributed by atoms with van der Waals surface area (Å²) in [6.07, 6.45) is 16.0. The van der Waals surface area contributed by atoms with E-state index in [2.05, 4.69) is 39.2 Å². The lowest BCUT2D eigenvalue weighted by molar-refractivity contribution is -0.131. The van der Waals surface area contributed by atoms with Crippen molar-refractivity contribution in [3.8, 4) is 0 Å². The number of hydrogen-bond acceptors (Lipinski definition) is 5. The van der Waals surface area contributed by atoms with Crippen molar-refractivity contribution in [2.24, 2.45) is 11.8 Å². The zero-order chi connectivity index (χ0) is 22.1. The number of fused-ring (bicyclic) bond motifs is 3. The number of hydrogen-bond donors (Lipinski definition) is 3. The molecule has 3 unspecified atom stereocenters. The van der Waals surface area contributed by atoms with Gasteiger partial charge in [-0.15, -0.1) is 0 Å². The summed E-state index contributed by atoms with van der Waals surface area (Å²) in [6, 6.07) is 5.56. The van der Waals surface area contributed by atoms with Gasteiger partial charge < -0.3 is 14.8 Å². The Morgan fingerprint density at radius 2 is 2.12 bits per heavy atom. The Kier molecular flexibility index (Phi) is 5.61. The molecule has 1 amide bonds. The highest BCUT2D eigenvalue weighted by Gasteiger charge is 2.38. The molecule has 0 bridgehead atoms. The Balaban J connectivity index is 1.18. The molecule has 0 radical (unpaired) electrons. The van der Waals surface area contributed by atoms with Gasteiger partial charge in [-0.3, -0.25) is 20.2 Å². The van der Waals surface area contributed by atoms with Crippen molar-refractivity contribution >= 4 is 11.7 Å². The Bertz CT molecular complexity index is 1130. The summed E-state index contributed by atoms with van der Waals surface area (Å²) < 4.78 is 3.84. The number of nitrogens with one attached hydrogen (secondary N) is 3. The maximum absolute atomic E-state index is 12.9. The SMILES string of the molecule is N=C(C1CCCN(C(=O)CNCC2C3C=CC=C[C@H]3c3cncn32)C1)n1ccccc1=N. The number of carbonyl (C=O) groups excluding carboxylic acids is 1. The molecule has 8 nitrogen and oxygen atoms in total. The smallest absolute Gasteiger partial charge is 0.236 e. The van der Waals surface area contributed by atoms with Crippen molar-refractivity contribution in [2.45, 2.75) is 24.8 Å². The zero-order valence-electron chi connectivity index (χ0n) is 18.0. The number of nitrogens with zero attached hydrogens (tertiary/aromatic N) is 4. The Morgan fingerprint density at radius 3 is 3.00 bits per heavy atom. The lowest BCUT2D eigenvalue weighted by Gasteiger charge is -2.33. The van der Waals surface area contributed by atoms with Crippen LogP contribution in [0.2, 0.25) is 0 Å². The largest absolute Gasteiger partial charge is 0.341 e. The predicted molar refractivity (Wildman–Crippen MR) is 121 cm³/mol. The molecule has 0 aromatic carbocycles. The molecule has 0 saturated carbocycles. The third-order valence-corrected chi connectivity index (χ3v) is 6.93. The highest BCUT2D eigenvalue weighted by Crippen LogP contribution is 2.44. The van der Waals surface area contributed by atoms with E-state index >= 15 is 0 Å². The van der Waals surface area contributed by atoms with Crippen molar-refractivity contribution in [3.05, 3.63) is 72.4 Å². The summed E-state index contributed by atoms with van der Waals surface area (Å²) in [4.78, 5) is 19.1. The van der Waals surface area contributed by atoms with Gasteiger partial charge in [-0.2, -0.15) is 0 Å². The number of aromatic nitrogens is 3. The monoisotopic (exact) mass is 431 g/mol. The molecule has 1 fully saturated rings. The first-order chi connectivity index (χ1) is 15.6. The van der Waals surface area contributed by atoms with Gasteiger partial charge in [0.05, 0.1) is 18.9 Å². The number of likely N-dealkylation sites (tertiary alicyclic amines) is 1. The van der Waals surface area contributed by atoms with Crippen molar-refractivity contribution in [2.75, 3.05) is 26.2 Å². The Labute approximate surface area is 187 Å². The molecule has 3 aliphatic rings. The maximum Gasteiger partial charge on any atom is 0.236 e. The predicted octanol–water partition coefficient (Wildman–Crippen LogP) is 1.90. The minimum absolute atomic E-state index is 0.0486. The van der Waals surface area contributed by atoms with Crippen molar-refractivity contribution < 1.29 is 4.79 Å². The summed E-state index contributed by atoms with van der Waals surface area (Å²) in [5, 5.41) is 20.0. The second-order valence-corrected chi connectivity index (χ2v) is 8.82. The van der Waals surface area contributed by atoms with Gasteiger partial charge in [0.1, 0.15) is 11.3 Å². The van der Waals surface area contributed by atoms with Gasteiger partial charge in [-0.05, 0) is 25.0 Å². The molecule has 4 atom stereocenters. The molecule has 0 spiro atoms. The number of rotatable bonds is 5. The molecular formula is C24H29N7O. The van der Waals surface area contributed by atoms with Gasteiger partial charge in [-0.25, -0.2) is 4.98 Å². The first kappa shape index (κ1) is 20.6. The molecule has 4 heterocycles. The molecule has 1 aliphatic carbocycles. The minimum Gasteiger partial charge on any atom is -0.341 e. The number of imidazole rings is 1. The molecule has 1 saturated heterocycles. The number of pyridine rings is 1. The normalized spacial score (nSPS) is 26.1. The van der Waals surface area contributed by atoms with Crippen LogP contribution in [0.15, 0.2) is 61.2 Å². The molecule has 8 heteroatoms. The third kappa shape index (κ3) is 3.75. The van der Waals surface area contributed by atoms with E-state index in [4.69, 9.17) is 10.8 Å². The molecule has 2 aromatic heterocycles. The van der Waals surface area contributed by atoms with Crippen LogP contribution in [-0.2, 0) is 4.79 Å². The molecule has 3 N–H and O–H groups in total. The lowest BCUT2D eigenvalue weighted by atomic mass is 9.85. The van der Waals surface area contributed by atoms with E-state index in [0.717, 1.165) is 19.4 Å². The van der Waals surface area contributed by atoms with Crippen LogP contribution in [0.4, 0.5) is 0 Å². The van der Waals surface area contributed by atoms with Gasteiger partial charge in [0.15, 0.2) is 0 Å². The highest BCUT2D eigenvalue weighted by molar-refractivity contribution is 5.85. The number of allylic oxidation sites excluding steroid dienone is 4. The van der Waals surface area contributed by atoms with E-state index in [-0.39, 0.29) is 17.9 Å². The summed E-state index contributed by atoms with van der Waals surface area (Å²) in [7, 11) is 0. The zero-order valence-corrected chi connectivity index (χ0v) is 18.0. The van der Waals surface area contributed by atoms with Crippen LogP contribution in [0, 0.1) is 22.7 Å². The molecule has 166 valence electrons. The van der Waals surface area contributed by atoms with Crippen LogP contribution in [-0.4, -0.2) is 56.9 Å². The number of carbonyl (C=O) groups is 1. The van der Waals surface area contributed by atoms with Crippen LogP contribution >= 0.6 is 0 Å². The fourth-order valence-corrected chi connectivity index (χ4v) is 5.27. The first-order valence-electron chi connectivity index (χ1n) is 11.3. The summed E-state index contributed by atoms with van der Waals surface area (Å²) in [6.45, 7) is 2.27. The molecular weight excluding hydrogens is 402 g/mol.